The van der Waals surface area contributed by atoms with E-state index >= 15 is 0 Å². The van der Waals surface area contributed by atoms with Crippen molar-refractivity contribution in [2.45, 2.75) is 45.4 Å². The number of benzene rings is 1. The Morgan fingerprint density at radius 2 is 2.13 bits per heavy atom. The molecule has 6 heteroatoms. The third-order valence-electron chi connectivity index (χ3n) is 3.87. The number of hydrogen-bond donors (Lipinski definition) is 1. The predicted molar refractivity (Wildman–Crippen MR) is 85.6 cm³/mol. The van der Waals surface area contributed by atoms with Gasteiger partial charge in [0.15, 0.2) is 11.5 Å². The van der Waals surface area contributed by atoms with Crippen LogP contribution in [0.2, 0.25) is 0 Å². The first-order chi connectivity index (χ1) is 10.9. The molecular formula is C17H24N2O4. The first-order valence-electron chi connectivity index (χ1n) is 8.00. The highest BCUT2D eigenvalue weighted by Crippen LogP contribution is 2.32. The Hall–Kier alpha value is -1.95. The van der Waals surface area contributed by atoms with Gasteiger partial charge in [-0.2, -0.15) is 0 Å². The van der Waals surface area contributed by atoms with Gasteiger partial charge in [-0.1, -0.05) is 6.07 Å². The third-order valence-corrected chi connectivity index (χ3v) is 3.87. The molecule has 1 aromatic carbocycles. The highest BCUT2D eigenvalue weighted by atomic mass is 16.7. The highest BCUT2D eigenvalue weighted by Gasteiger charge is 2.29. The summed E-state index contributed by atoms with van der Waals surface area (Å²) in [5, 5.41) is 3.49. The molecule has 2 aliphatic heterocycles. The van der Waals surface area contributed by atoms with E-state index in [1.54, 1.807) is 4.90 Å². The topological polar surface area (TPSA) is 60.0 Å². The van der Waals surface area contributed by atoms with Crippen LogP contribution in [0.3, 0.4) is 0 Å². The zero-order valence-electron chi connectivity index (χ0n) is 13.9. The molecule has 0 aliphatic carbocycles. The van der Waals surface area contributed by atoms with Gasteiger partial charge >= 0.3 is 6.09 Å². The molecule has 1 aromatic rings. The fraction of sp³-hybridized carbons (Fsp3) is 0.588. The third kappa shape index (κ3) is 4.07. The lowest BCUT2D eigenvalue weighted by atomic mass is 10.2. The lowest BCUT2D eigenvalue weighted by Crippen LogP contribution is -2.38. The smallest absolute Gasteiger partial charge is 0.410 e. The van der Waals surface area contributed by atoms with Crippen LogP contribution in [-0.4, -0.2) is 42.5 Å². The number of carbonyl (C=O) groups is 1. The molecule has 1 saturated heterocycles. The largest absolute Gasteiger partial charge is 0.454 e. The van der Waals surface area contributed by atoms with Gasteiger partial charge in [0.25, 0.3) is 0 Å². The molecule has 0 aromatic heterocycles. The molecule has 1 atom stereocenters. The maximum atomic E-state index is 12.1. The highest BCUT2D eigenvalue weighted by molar-refractivity contribution is 5.68. The summed E-state index contributed by atoms with van der Waals surface area (Å²) < 4.78 is 16.1. The van der Waals surface area contributed by atoms with Crippen molar-refractivity contribution in [3.05, 3.63) is 23.8 Å². The maximum Gasteiger partial charge on any atom is 0.410 e. The minimum absolute atomic E-state index is 0.232. The molecule has 1 fully saturated rings. The summed E-state index contributed by atoms with van der Waals surface area (Å²) >= 11 is 0. The van der Waals surface area contributed by atoms with Crippen LogP contribution in [-0.2, 0) is 11.3 Å². The van der Waals surface area contributed by atoms with Gasteiger partial charge in [-0.05, 0) is 44.9 Å². The number of fused-ring (bicyclic) bond motifs is 1. The fourth-order valence-electron chi connectivity index (χ4n) is 2.73. The lowest BCUT2D eigenvalue weighted by molar-refractivity contribution is 0.0291. The van der Waals surface area contributed by atoms with E-state index in [4.69, 9.17) is 14.2 Å². The Kier molecular flexibility index (Phi) is 4.35. The molecule has 0 spiro atoms. The number of rotatable bonds is 3. The zero-order chi connectivity index (χ0) is 16.4. The van der Waals surface area contributed by atoms with Gasteiger partial charge in [-0.15, -0.1) is 0 Å². The second kappa shape index (κ2) is 6.28. The second-order valence-electron chi connectivity index (χ2n) is 6.98. The van der Waals surface area contributed by atoms with Crippen molar-refractivity contribution in [2.75, 3.05) is 19.9 Å². The van der Waals surface area contributed by atoms with Gasteiger partial charge in [-0.25, -0.2) is 4.79 Å². The molecule has 1 amide bonds. The van der Waals surface area contributed by atoms with E-state index in [1.807, 2.05) is 39.0 Å². The number of hydrogen-bond acceptors (Lipinski definition) is 5. The van der Waals surface area contributed by atoms with Gasteiger partial charge in [0.05, 0.1) is 0 Å². The van der Waals surface area contributed by atoms with Crippen molar-refractivity contribution >= 4 is 6.09 Å². The Labute approximate surface area is 136 Å². The first-order valence-corrected chi connectivity index (χ1v) is 8.00. The molecule has 126 valence electrons. The van der Waals surface area contributed by atoms with Crippen LogP contribution in [0.25, 0.3) is 0 Å². The minimum atomic E-state index is -0.449. The Bertz CT molecular complexity index is 582. The number of likely N-dealkylation sites (tertiary alicyclic amines) is 1. The van der Waals surface area contributed by atoms with Crippen LogP contribution in [0.5, 0.6) is 11.5 Å². The quantitative estimate of drug-likeness (QED) is 0.927. The molecule has 3 rings (SSSR count). The van der Waals surface area contributed by atoms with E-state index in [2.05, 4.69) is 5.32 Å². The summed E-state index contributed by atoms with van der Waals surface area (Å²) in [6, 6.07) is 6.24. The number of nitrogens with zero attached hydrogens (tertiary/aromatic N) is 1. The average Bonchev–Trinajstić information content (AvgIpc) is 3.12. The van der Waals surface area contributed by atoms with Crippen molar-refractivity contribution < 1.29 is 19.0 Å². The van der Waals surface area contributed by atoms with E-state index in [9.17, 15) is 4.79 Å². The zero-order valence-corrected chi connectivity index (χ0v) is 13.9. The molecule has 1 N–H and O–H groups in total. The van der Waals surface area contributed by atoms with Crippen molar-refractivity contribution in [3.63, 3.8) is 0 Å². The summed E-state index contributed by atoms with van der Waals surface area (Å²) in [5.41, 5.74) is 0.694. The minimum Gasteiger partial charge on any atom is -0.454 e. The van der Waals surface area contributed by atoms with Gasteiger partial charge in [0.1, 0.15) is 5.60 Å². The summed E-state index contributed by atoms with van der Waals surface area (Å²) in [6.07, 6.45) is 0.703. The molecule has 1 unspecified atom stereocenters. The molecule has 0 bridgehead atoms. The van der Waals surface area contributed by atoms with E-state index in [0.717, 1.165) is 36.6 Å². The second-order valence-corrected chi connectivity index (χ2v) is 6.98. The van der Waals surface area contributed by atoms with Crippen molar-refractivity contribution in [3.8, 4) is 11.5 Å². The maximum absolute atomic E-state index is 12.1. The molecule has 0 radical (unpaired) electrons. The number of nitrogens with one attached hydrogen (secondary N) is 1. The number of amides is 1. The van der Waals surface area contributed by atoms with E-state index in [1.165, 1.54) is 0 Å². The number of ether oxygens (including phenoxy) is 3. The van der Waals surface area contributed by atoms with Crippen LogP contribution in [0, 0.1) is 0 Å². The normalized spacial score (nSPS) is 20.0. The summed E-state index contributed by atoms with van der Waals surface area (Å²) in [5.74, 6) is 1.59. The van der Waals surface area contributed by atoms with Crippen molar-refractivity contribution in [1.29, 1.82) is 0 Å². The van der Waals surface area contributed by atoms with E-state index in [0.29, 0.717) is 13.3 Å². The SMILES string of the molecule is CC(C)(C)OC(=O)N1CCC(NCc2ccc3c(c2)OCO3)C1. The predicted octanol–water partition coefficient (Wildman–Crippen LogP) is 2.51. The Balaban J connectivity index is 1.48. The average molecular weight is 320 g/mol. The molecule has 0 saturated carbocycles. The Morgan fingerprint density at radius 1 is 1.35 bits per heavy atom. The van der Waals surface area contributed by atoms with Crippen LogP contribution < -0.4 is 14.8 Å². The van der Waals surface area contributed by atoms with Gasteiger partial charge in [0.2, 0.25) is 6.79 Å². The lowest BCUT2D eigenvalue weighted by Gasteiger charge is -2.24. The molecule has 2 aliphatic rings. The van der Waals surface area contributed by atoms with Crippen molar-refractivity contribution in [1.82, 2.24) is 10.2 Å². The Morgan fingerprint density at radius 3 is 2.91 bits per heavy atom. The summed E-state index contributed by atoms with van der Waals surface area (Å²) in [7, 11) is 0. The standard InChI is InChI=1S/C17H24N2O4/c1-17(2,3)23-16(20)19-7-6-13(10-19)18-9-12-4-5-14-15(8-12)22-11-21-14/h4-5,8,13,18H,6-7,9-11H2,1-3H3. The summed E-state index contributed by atoms with van der Waals surface area (Å²) in [4.78, 5) is 13.8. The number of carbonyl (C=O) groups excluding carboxylic acids is 1. The summed E-state index contributed by atoms with van der Waals surface area (Å²) in [6.45, 7) is 8.10. The first kappa shape index (κ1) is 15.9. The molecular weight excluding hydrogens is 296 g/mol. The van der Waals surface area contributed by atoms with E-state index in [-0.39, 0.29) is 12.1 Å². The fourth-order valence-corrected chi connectivity index (χ4v) is 2.73. The van der Waals surface area contributed by atoms with Gasteiger partial charge in [0, 0.05) is 25.7 Å². The van der Waals surface area contributed by atoms with Crippen LogP contribution in [0.15, 0.2) is 18.2 Å². The molecule has 23 heavy (non-hydrogen) atoms. The van der Waals surface area contributed by atoms with Crippen LogP contribution in [0.4, 0.5) is 4.79 Å². The van der Waals surface area contributed by atoms with Crippen LogP contribution >= 0.6 is 0 Å². The van der Waals surface area contributed by atoms with Crippen molar-refractivity contribution in [2.24, 2.45) is 0 Å². The van der Waals surface area contributed by atoms with Crippen LogP contribution in [0.1, 0.15) is 32.8 Å². The molecule has 2 heterocycles. The van der Waals surface area contributed by atoms with Gasteiger partial charge < -0.3 is 24.4 Å². The van der Waals surface area contributed by atoms with Gasteiger partial charge in [-0.3, -0.25) is 0 Å². The monoisotopic (exact) mass is 320 g/mol. The van der Waals surface area contributed by atoms with E-state index < -0.39 is 5.60 Å². The molecule has 6 nitrogen and oxygen atoms in total.